The molecule has 1 aliphatic rings. The number of aromatic nitrogens is 1. The number of amides is 1. The molecule has 0 bridgehead atoms. The van der Waals surface area contributed by atoms with E-state index in [0.29, 0.717) is 32.4 Å². The van der Waals surface area contributed by atoms with E-state index in [1.54, 1.807) is 0 Å². The fourth-order valence-electron chi connectivity index (χ4n) is 2.69. The third-order valence-electron chi connectivity index (χ3n) is 3.82. The number of halogens is 3. The Morgan fingerprint density at radius 3 is 2.96 bits per heavy atom. The number of hydrogen-bond donors (Lipinski definition) is 2. The Balaban J connectivity index is 2.08. The third-order valence-corrected chi connectivity index (χ3v) is 3.82. The van der Waals surface area contributed by atoms with E-state index in [1.807, 2.05) is 0 Å². The molecule has 0 aliphatic carbocycles. The van der Waals surface area contributed by atoms with Crippen LogP contribution in [0.2, 0.25) is 0 Å². The van der Waals surface area contributed by atoms with Crippen molar-refractivity contribution < 1.29 is 23.1 Å². The Labute approximate surface area is 132 Å². The van der Waals surface area contributed by atoms with Crippen molar-refractivity contribution in [2.45, 2.75) is 25.4 Å². The summed E-state index contributed by atoms with van der Waals surface area (Å²) in [5, 5.41) is 11.4. The maximum absolute atomic E-state index is 13.1. The van der Waals surface area contributed by atoms with Crippen LogP contribution in [-0.4, -0.2) is 42.2 Å². The van der Waals surface area contributed by atoms with E-state index in [0.717, 1.165) is 6.07 Å². The lowest BCUT2D eigenvalue weighted by molar-refractivity contribution is -0.137. The minimum Gasteiger partial charge on any atom is -0.396 e. The molecule has 128 valence electrons. The highest BCUT2D eigenvalue weighted by Gasteiger charge is 2.37. The maximum Gasteiger partial charge on any atom is 0.419 e. The van der Waals surface area contributed by atoms with Crippen LogP contribution in [-0.2, 0) is 11.0 Å². The fourth-order valence-corrected chi connectivity index (χ4v) is 2.69. The summed E-state index contributed by atoms with van der Waals surface area (Å²) in [6, 6.07) is 2.27. The number of hydrogen-bond acceptors (Lipinski definition) is 4. The number of aliphatic hydroxyl groups excluding tert-OH is 1. The molecule has 1 unspecified atom stereocenters. The SMILES string of the molecule is O=C(NCCCO)C1CCCN(c2ncccc2C(F)(F)F)C1. The van der Waals surface area contributed by atoms with Crippen LogP contribution in [0.1, 0.15) is 24.8 Å². The van der Waals surface area contributed by atoms with E-state index < -0.39 is 11.7 Å². The van der Waals surface area contributed by atoms with Crippen molar-refractivity contribution in [3.63, 3.8) is 0 Å². The number of pyridine rings is 1. The smallest absolute Gasteiger partial charge is 0.396 e. The van der Waals surface area contributed by atoms with Crippen molar-refractivity contribution in [1.29, 1.82) is 0 Å². The van der Waals surface area contributed by atoms with Crippen LogP contribution in [0, 0.1) is 5.92 Å². The monoisotopic (exact) mass is 331 g/mol. The van der Waals surface area contributed by atoms with Gasteiger partial charge in [0.25, 0.3) is 0 Å². The summed E-state index contributed by atoms with van der Waals surface area (Å²) in [6.45, 7) is 1.01. The second-order valence-electron chi connectivity index (χ2n) is 5.53. The molecule has 1 fully saturated rings. The Bertz CT molecular complexity index is 537. The van der Waals surface area contributed by atoms with Crippen molar-refractivity contribution >= 4 is 11.7 Å². The van der Waals surface area contributed by atoms with Crippen LogP contribution < -0.4 is 10.2 Å². The van der Waals surface area contributed by atoms with E-state index in [4.69, 9.17) is 5.11 Å². The molecule has 2 rings (SSSR count). The summed E-state index contributed by atoms with van der Waals surface area (Å²) < 4.78 is 39.3. The quantitative estimate of drug-likeness (QED) is 0.808. The van der Waals surface area contributed by atoms with Crippen molar-refractivity contribution in [2.24, 2.45) is 5.92 Å². The summed E-state index contributed by atoms with van der Waals surface area (Å²) in [7, 11) is 0. The van der Waals surface area contributed by atoms with E-state index in [9.17, 15) is 18.0 Å². The summed E-state index contributed by atoms with van der Waals surface area (Å²) in [6.07, 6.45) is -1.42. The number of nitrogens with one attached hydrogen (secondary N) is 1. The predicted octanol–water partition coefficient (Wildman–Crippen LogP) is 1.82. The lowest BCUT2D eigenvalue weighted by Gasteiger charge is -2.34. The second kappa shape index (κ2) is 7.63. The maximum atomic E-state index is 13.1. The molecule has 23 heavy (non-hydrogen) atoms. The molecule has 0 saturated carbocycles. The number of aliphatic hydroxyl groups is 1. The molecular formula is C15H20F3N3O2. The van der Waals surface area contributed by atoms with E-state index in [2.05, 4.69) is 10.3 Å². The standard InChI is InChI=1S/C15H20F3N3O2/c16-15(17,18)12-5-1-6-19-13(12)21-8-2-4-11(10-21)14(23)20-7-3-9-22/h1,5-6,11,22H,2-4,7-10H2,(H,20,23). The Kier molecular flexibility index (Phi) is 5.81. The molecule has 2 N–H and O–H groups in total. The fraction of sp³-hybridized carbons (Fsp3) is 0.600. The van der Waals surface area contributed by atoms with Gasteiger partial charge in [0, 0.05) is 32.4 Å². The van der Waals surface area contributed by atoms with Gasteiger partial charge in [0.1, 0.15) is 5.82 Å². The van der Waals surface area contributed by atoms with Gasteiger partial charge in [-0.2, -0.15) is 13.2 Å². The van der Waals surface area contributed by atoms with Gasteiger partial charge in [-0.15, -0.1) is 0 Å². The van der Waals surface area contributed by atoms with Crippen LogP contribution in [0.5, 0.6) is 0 Å². The van der Waals surface area contributed by atoms with E-state index >= 15 is 0 Å². The average Bonchev–Trinajstić information content (AvgIpc) is 2.54. The Morgan fingerprint density at radius 1 is 1.48 bits per heavy atom. The van der Waals surface area contributed by atoms with Gasteiger partial charge in [-0.25, -0.2) is 4.98 Å². The lowest BCUT2D eigenvalue weighted by atomic mass is 9.96. The summed E-state index contributed by atoms with van der Waals surface area (Å²) in [5.41, 5.74) is -0.777. The highest BCUT2D eigenvalue weighted by atomic mass is 19.4. The van der Waals surface area contributed by atoms with E-state index in [-0.39, 0.29) is 30.8 Å². The van der Waals surface area contributed by atoms with Crippen molar-refractivity contribution in [1.82, 2.24) is 10.3 Å². The van der Waals surface area contributed by atoms with Gasteiger partial charge in [0.15, 0.2) is 0 Å². The summed E-state index contributed by atoms with van der Waals surface area (Å²) in [5.74, 6) is -0.675. The number of carbonyl (C=O) groups is 1. The number of carbonyl (C=O) groups excluding carboxylic acids is 1. The van der Waals surface area contributed by atoms with Gasteiger partial charge < -0.3 is 15.3 Å². The molecule has 1 atom stereocenters. The van der Waals surface area contributed by atoms with Gasteiger partial charge in [0.05, 0.1) is 11.5 Å². The van der Waals surface area contributed by atoms with Gasteiger partial charge in [-0.1, -0.05) is 0 Å². The number of nitrogens with zero attached hydrogens (tertiary/aromatic N) is 2. The zero-order chi connectivity index (χ0) is 16.9. The van der Waals surface area contributed by atoms with Crippen molar-refractivity contribution in [3.05, 3.63) is 23.9 Å². The van der Waals surface area contributed by atoms with Gasteiger partial charge >= 0.3 is 6.18 Å². The Morgan fingerprint density at radius 2 is 2.26 bits per heavy atom. The first-order valence-electron chi connectivity index (χ1n) is 7.59. The molecule has 8 heteroatoms. The number of anilines is 1. The van der Waals surface area contributed by atoms with Crippen molar-refractivity contribution in [2.75, 3.05) is 31.1 Å². The van der Waals surface area contributed by atoms with E-state index in [1.165, 1.54) is 17.2 Å². The van der Waals surface area contributed by atoms with Crippen LogP contribution >= 0.6 is 0 Å². The topological polar surface area (TPSA) is 65.5 Å². The molecule has 2 heterocycles. The first-order chi connectivity index (χ1) is 10.9. The zero-order valence-electron chi connectivity index (χ0n) is 12.6. The minimum absolute atomic E-state index is 0.0139. The third kappa shape index (κ3) is 4.57. The lowest BCUT2D eigenvalue weighted by Crippen LogP contribution is -2.44. The molecule has 5 nitrogen and oxygen atoms in total. The van der Waals surface area contributed by atoms with Gasteiger partial charge in [0.2, 0.25) is 5.91 Å². The molecule has 1 aromatic heterocycles. The summed E-state index contributed by atoms with van der Waals surface area (Å²) >= 11 is 0. The largest absolute Gasteiger partial charge is 0.419 e. The van der Waals surface area contributed by atoms with Crippen LogP contribution in [0.4, 0.5) is 19.0 Å². The molecule has 1 amide bonds. The summed E-state index contributed by atoms with van der Waals surface area (Å²) in [4.78, 5) is 17.5. The second-order valence-corrected chi connectivity index (χ2v) is 5.53. The molecule has 0 aromatic carbocycles. The number of rotatable bonds is 5. The first kappa shape index (κ1) is 17.5. The highest BCUT2D eigenvalue weighted by molar-refractivity contribution is 5.79. The first-order valence-corrected chi connectivity index (χ1v) is 7.59. The molecular weight excluding hydrogens is 311 g/mol. The molecule has 1 aliphatic heterocycles. The molecule has 0 radical (unpaired) electrons. The number of alkyl halides is 3. The normalized spacial score (nSPS) is 18.8. The van der Waals surface area contributed by atoms with Gasteiger partial charge in [-0.3, -0.25) is 4.79 Å². The van der Waals surface area contributed by atoms with Crippen LogP contribution in [0.25, 0.3) is 0 Å². The van der Waals surface area contributed by atoms with Gasteiger partial charge in [-0.05, 0) is 31.4 Å². The zero-order valence-corrected chi connectivity index (χ0v) is 12.6. The van der Waals surface area contributed by atoms with Crippen LogP contribution in [0.3, 0.4) is 0 Å². The van der Waals surface area contributed by atoms with Crippen LogP contribution in [0.15, 0.2) is 18.3 Å². The average molecular weight is 331 g/mol. The predicted molar refractivity (Wildman–Crippen MR) is 78.9 cm³/mol. The Hall–Kier alpha value is -1.83. The van der Waals surface area contributed by atoms with Crippen molar-refractivity contribution in [3.8, 4) is 0 Å². The number of piperidine rings is 1. The minimum atomic E-state index is -4.47. The molecule has 1 aromatic rings. The molecule has 0 spiro atoms. The highest BCUT2D eigenvalue weighted by Crippen LogP contribution is 2.36. The molecule has 1 saturated heterocycles.